The monoisotopic (exact) mass is 474 g/mol. The smallest absolute Gasteiger partial charge is 0.296 e. The molecule has 3 heterocycles. The number of carbonyl (C=O) groups is 2. The molecule has 1 amide bonds. The van der Waals surface area contributed by atoms with E-state index in [0.717, 1.165) is 22.2 Å². The van der Waals surface area contributed by atoms with Crippen LogP contribution in [-0.4, -0.2) is 28.4 Å². The maximum atomic E-state index is 13.4. The normalized spacial score (nSPS) is 16.0. The summed E-state index contributed by atoms with van der Waals surface area (Å²) >= 11 is 1.33. The van der Waals surface area contributed by atoms with E-state index in [1.165, 1.54) is 28.6 Å². The molecule has 1 atom stereocenters. The zero-order valence-corrected chi connectivity index (χ0v) is 19.5. The number of aromatic nitrogens is 1. The van der Waals surface area contributed by atoms with Crippen molar-refractivity contribution in [2.45, 2.75) is 26.3 Å². The molecule has 0 saturated carbocycles. The number of anilines is 1. The number of hydrogen-bond acceptors (Lipinski definition) is 7. The number of ketones is 1. The van der Waals surface area contributed by atoms with E-state index in [4.69, 9.17) is 9.15 Å². The lowest BCUT2D eigenvalue weighted by atomic mass is 9.95. The van der Waals surface area contributed by atoms with E-state index in [1.54, 1.807) is 24.3 Å². The Morgan fingerprint density at radius 2 is 2.06 bits per heavy atom. The number of aliphatic hydroxyl groups excluding tert-OH is 1. The van der Waals surface area contributed by atoms with Crippen molar-refractivity contribution in [1.82, 2.24) is 4.98 Å². The lowest BCUT2D eigenvalue weighted by molar-refractivity contribution is -0.117. The third-order valence-electron chi connectivity index (χ3n) is 5.58. The van der Waals surface area contributed by atoms with Crippen molar-refractivity contribution in [3.63, 3.8) is 0 Å². The Hall–Kier alpha value is -3.91. The molecule has 4 aromatic rings. The third kappa shape index (κ3) is 3.76. The van der Waals surface area contributed by atoms with Crippen LogP contribution in [-0.2, 0) is 4.79 Å². The van der Waals surface area contributed by atoms with Gasteiger partial charge in [0.1, 0.15) is 5.75 Å². The predicted octanol–water partition coefficient (Wildman–Crippen LogP) is 5.77. The number of hydrogen-bond donors (Lipinski definition) is 1. The summed E-state index contributed by atoms with van der Waals surface area (Å²) in [6.07, 6.45) is 2.22. The van der Waals surface area contributed by atoms with E-state index in [2.05, 4.69) is 4.98 Å². The molecular formula is C26H22N2O5S. The number of ether oxygens (including phenoxy) is 1. The van der Waals surface area contributed by atoms with Gasteiger partial charge in [-0.25, -0.2) is 4.98 Å². The molecule has 2 aromatic heterocycles. The maximum Gasteiger partial charge on any atom is 0.296 e. The minimum Gasteiger partial charge on any atom is -0.503 e. The first-order valence-corrected chi connectivity index (χ1v) is 11.7. The lowest BCUT2D eigenvalue weighted by Gasteiger charge is -2.24. The summed E-state index contributed by atoms with van der Waals surface area (Å²) in [6, 6.07) is 15.2. The molecule has 1 aliphatic rings. The number of aliphatic hydroxyl groups is 1. The molecule has 0 fully saturated rings. The minimum atomic E-state index is -0.892. The van der Waals surface area contributed by atoms with Crippen LogP contribution in [0.25, 0.3) is 10.2 Å². The molecule has 2 aromatic carbocycles. The highest BCUT2D eigenvalue weighted by molar-refractivity contribution is 7.22. The SMILES string of the molecule is CCCOc1cccc(C2C(C(=O)c3ccco3)=C(O)C(=O)N2c2nc3ccc(C)cc3s2)c1. The van der Waals surface area contributed by atoms with Crippen molar-refractivity contribution < 1.29 is 23.8 Å². The number of nitrogens with zero attached hydrogens (tertiary/aromatic N) is 2. The highest BCUT2D eigenvalue weighted by Gasteiger charge is 2.46. The maximum absolute atomic E-state index is 13.4. The van der Waals surface area contributed by atoms with Crippen LogP contribution in [0.15, 0.2) is 76.6 Å². The fraction of sp³-hybridized carbons (Fsp3) is 0.192. The standard InChI is InChI=1S/C26H22N2O5S/c1-3-11-32-17-7-4-6-16(14-17)22-21(23(29)19-8-5-12-33-19)24(30)25(31)28(22)26-27-18-10-9-15(2)13-20(18)34-26/h4-10,12-14,22,30H,3,11H2,1-2H3. The Morgan fingerprint density at radius 1 is 1.21 bits per heavy atom. The second-order valence-electron chi connectivity index (χ2n) is 8.03. The van der Waals surface area contributed by atoms with Gasteiger partial charge < -0.3 is 14.3 Å². The number of amides is 1. The molecule has 0 saturated heterocycles. The zero-order chi connectivity index (χ0) is 23.8. The molecule has 0 bridgehead atoms. The number of aryl methyl sites for hydroxylation is 1. The quantitative estimate of drug-likeness (QED) is 0.342. The summed E-state index contributed by atoms with van der Waals surface area (Å²) in [5.74, 6) is -1.19. The molecule has 7 nitrogen and oxygen atoms in total. The van der Waals surface area contributed by atoms with Crippen LogP contribution in [0.3, 0.4) is 0 Å². The second-order valence-corrected chi connectivity index (χ2v) is 9.04. The van der Waals surface area contributed by atoms with Crippen LogP contribution in [0.1, 0.15) is 41.1 Å². The van der Waals surface area contributed by atoms with Gasteiger partial charge in [-0.1, -0.05) is 36.5 Å². The van der Waals surface area contributed by atoms with Gasteiger partial charge in [0.15, 0.2) is 16.7 Å². The molecule has 1 aliphatic heterocycles. The van der Waals surface area contributed by atoms with Gasteiger partial charge >= 0.3 is 0 Å². The molecule has 0 spiro atoms. The van der Waals surface area contributed by atoms with Crippen LogP contribution in [0.5, 0.6) is 5.75 Å². The average molecular weight is 475 g/mol. The van der Waals surface area contributed by atoms with Gasteiger partial charge in [-0.2, -0.15) is 0 Å². The molecule has 8 heteroatoms. The van der Waals surface area contributed by atoms with Crippen molar-refractivity contribution in [2.75, 3.05) is 11.5 Å². The molecule has 172 valence electrons. The summed E-state index contributed by atoms with van der Waals surface area (Å²) in [5, 5.41) is 11.3. The number of fused-ring (bicyclic) bond motifs is 1. The van der Waals surface area contributed by atoms with Crippen molar-refractivity contribution in [3.8, 4) is 5.75 Å². The van der Waals surface area contributed by atoms with Gasteiger partial charge in [0, 0.05) is 0 Å². The molecule has 1 unspecified atom stereocenters. The van der Waals surface area contributed by atoms with Gasteiger partial charge in [-0.3, -0.25) is 14.5 Å². The second kappa shape index (κ2) is 8.79. The Morgan fingerprint density at radius 3 is 2.82 bits per heavy atom. The van der Waals surface area contributed by atoms with E-state index < -0.39 is 23.5 Å². The largest absolute Gasteiger partial charge is 0.503 e. The molecular weight excluding hydrogens is 452 g/mol. The third-order valence-corrected chi connectivity index (χ3v) is 6.60. The molecule has 0 radical (unpaired) electrons. The van der Waals surface area contributed by atoms with Gasteiger partial charge in [0.05, 0.1) is 34.7 Å². The van der Waals surface area contributed by atoms with Crippen LogP contribution in [0.4, 0.5) is 5.13 Å². The van der Waals surface area contributed by atoms with E-state index in [0.29, 0.717) is 23.1 Å². The topological polar surface area (TPSA) is 92.9 Å². The predicted molar refractivity (Wildman–Crippen MR) is 130 cm³/mol. The van der Waals surface area contributed by atoms with Gasteiger partial charge in [-0.15, -0.1) is 0 Å². The fourth-order valence-electron chi connectivity index (χ4n) is 4.01. The first kappa shape index (κ1) is 21.9. The number of carbonyl (C=O) groups excluding carboxylic acids is 2. The average Bonchev–Trinajstić information content (AvgIpc) is 3.56. The van der Waals surface area contributed by atoms with E-state index in [-0.39, 0.29) is 11.3 Å². The zero-order valence-electron chi connectivity index (χ0n) is 18.6. The van der Waals surface area contributed by atoms with Crippen molar-refractivity contribution in [3.05, 3.63) is 89.1 Å². The Bertz CT molecular complexity index is 1420. The van der Waals surface area contributed by atoms with Crippen LogP contribution >= 0.6 is 11.3 Å². The van der Waals surface area contributed by atoms with Crippen molar-refractivity contribution in [2.24, 2.45) is 0 Å². The summed E-state index contributed by atoms with van der Waals surface area (Å²) in [5.41, 5.74) is 2.38. The Kier molecular flexibility index (Phi) is 5.67. The van der Waals surface area contributed by atoms with Crippen molar-refractivity contribution in [1.29, 1.82) is 0 Å². The molecule has 5 rings (SSSR count). The number of benzene rings is 2. The van der Waals surface area contributed by atoms with Gasteiger partial charge in [-0.05, 0) is 60.9 Å². The molecule has 0 aliphatic carbocycles. The number of Topliss-reactive ketones (excluding diaryl/α,β-unsaturated/α-hetero) is 1. The summed E-state index contributed by atoms with van der Waals surface area (Å²) < 4.78 is 12.0. The summed E-state index contributed by atoms with van der Waals surface area (Å²) in [7, 11) is 0. The molecule has 1 N–H and O–H groups in total. The number of furan rings is 1. The highest BCUT2D eigenvalue weighted by atomic mass is 32.1. The van der Waals surface area contributed by atoms with Crippen LogP contribution in [0.2, 0.25) is 0 Å². The summed E-state index contributed by atoms with van der Waals surface area (Å²) in [6.45, 7) is 4.53. The fourth-order valence-corrected chi connectivity index (χ4v) is 5.10. The van der Waals surface area contributed by atoms with Crippen LogP contribution in [0, 0.1) is 6.92 Å². The van der Waals surface area contributed by atoms with Crippen molar-refractivity contribution >= 4 is 38.4 Å². The van der Waals surface area contributed by atoms with Crippen LogP contribution < -0.4 is 9.64 Å². The lowest BCUT2D eigenvalue weighted by Crippen LogP contribution is -2.31. The van der Waals surface area contributed by atoms with E-state index in [1.807, 2.05) is 38.1 Å². The van der Waals surface area contributed by atoms with E-state index in [9.17, 15) is 14.7 Å². The first-order chi connectivity index (χ1) is 16.5. The number of rotatable bonds is 7. The molecule has 34 heavy (non-hydrogen) atoms. The minimum absolute atomic E-state index is 0.0412. The van der Waals surface area contributed by atoms with Gasteiger partial charge in [0.25, 0.3) is 5.91 Å². The summed E-state index contributed by atoms with van der Waals surface area (Å²) in [4.78, 5) is 32.7. The highest BCUT2D eigenvalue weighted by Crippen LogP contribution is 2.44. The van der Waals surface area contributed by atoms with E-state index >= 15 is 0 Å². The first-order valence-electron chi connectivity index (χ1n) is 10.9. The van der Waals surface area contributed by atoms with Gasteiger partial charge in [0.2, 0.25) is 5.78 Å². The number of thiazole rings is 1. The Balaban J connectivity index is 1.66. The Labute approximate surface area is 199 Å².